The molecule has 0 saturated carbocycles. The van der Waals surface area contributed by atoms with Crippen molar-refractivity contribution in [3.8, 4) is 6.07 Å². The van der Waals surface area contributed by atoms with E-state index in [1.165, 1.54) is 24.3 Å². The first kappa shape index (κ1) is 27.3. The Hall–Kier alpha value is -3.29. The molecule has 4 nitrogen and oxygen atoms in total. The zero-order chi connectivity index (χ0) is 27.8. The first-order chi connectivity index (χ1) is 18.7. The number of benzene rings is 3. The largest absolute Gasteiger partial charge is 0.437 e. The molecule has 10 heteroatoms. The van der Waals surface area contributed by atoms with Crippen LogP contribution in [-0.2, 0) is 5.75 Å². The van der Waals surface area contributed by atoms with Crippen molar-refractivity contribution in [2.75, 3.05) is 0 Å². The van der Waals surface area contributed by atoms with Crippen LogP contribution < -0.4 is 5.32 Å². The van der Waals surface area contributed by atoms with Gasteiger partial charge in [-0.1, -0.05) is 78.3 Å². The van der Waals surface area contributed by atoms with Crippen LogP contribution in [0, 0.1) is 17.2 Å². The van der Waals surface area contributed by atoms with Crippen molar-refractivity contribution in [1.82, 2.24) is 5.32 Å². The van der Waals surface area contributed by atoms with Crippen molar-refractivity contribution in [3.05, 3.63) is 116 Å². The summed E-state index contributed by atoms with van der Waals surface area (Å²) in [7, 11) is 0. The Balaban J connectivity index is 1.68. The lowest BCUT2D eigenvalue weighted by atomic mass is 9.70. The highest BCUT2D eigenvalue weighted by Gasteiger charge is 2.66. The van der Waals surface area contributed by atoms with E-state index >= 15 is 0 Å². The van der Waals surface area contributed by atoms with Crippen LogP contribution in [0.15, 0.2) is 94.8 Å². The minimum absolute atomic E-state index is 0.0330. The molecule has 1 aliphatic heterocycles. The quantitative estimate of drug-likeness (QED) is 0.228. The average Bonchev–Trinajstić information content (AvgIpc) is 3.46. The molecule has 3 atom stereocenters. The first-order valence-electron chi connectivity index (χ1n) is 11.8. The summed E-state index contributed by atoms with van der Waals surface area (Å²) in [4.78, 5) is 13.7. The summed E-state index contributed by atoms with van der Waals surface area (Å²) in [5.74, 6) is -4.29. The number of alkyl halides is 3. The molecule has 39 heavy (non-hydrogen) atoms. The Morgan fingerprint density at radius 1 is 1.08 bits per heavy atom. The third-order valence-electron chi connectivity index (χ3n) is 6.73. The second kappa shape index (κ2) is 10.7. The van der Waals surface area contributed by atoms with E-state index in [1.807, 2.05) is 48.5 Å². The Labute approximate surface area is 235 Å². The number of nitrogens with one attached hydrogen (secondary N) is 1. The number of thioether (sulfide) groups is 1. The number of nitrogens with zero attached hydrogens (tertiary/aromatic N) is 1. The van der Waals surface area contributed by atoms with Gasteiger partial charge in [0.1, 0.15) is 0 Å². The van der Waals surface area contributed by atoms with Crippen LogP contribution in [0.4, 0.5) is 13.2 Å². The number of halogens is 4. The number of carbonyl (C=O) groups is 1. The number of fused-ring (bicyclic) bond motifs is 1. The summed E-state index contributed by atoms with van der Waals surface area (Å²) in [6.45, 7) is 0. The molecule has 0 fully saturated rings. The third-order valence-corrected chi connectivity index (χ3v) is 9.03. The fraction of sp³-hybridized carbons (Fsp3) is 0.172. The maximum absolute atomic E-state index is 14.7. The molecule has 0 aliphatic carbocycles. The molecule has 0 spiro atoms. The lowest BCUT2D eigenvalue weighted by Gasteiger charge is -2.45. The summed E-state index contributed by atoms with van der Waals surface area (Å²) in [6.07, 6.45) is -5.27. The van der Waals surface area contributed by atoms with Crippen molar-refractivity contribution in [2.24, 2.45) is 5.92 Å². The Morgan fingerprint density at radius 2 is 1.79 bits per heavy atom. The van der Waals surface area contributed by atoms with Crippen molar-refractivity contribution in [1.29, 1.82) is 5.26 Å². The van der Waals surface area contributed by atoms with E-state index in [2.05, 4.69) is 5.32 Å². The van der Waals surface area contributed by atoms with E-state index in [0.29, 0.717) is 0 Å². The molecular formula is C29H20ClF3N2O2S2. The second-order valence-electron chi connectivity index (χ2n) is 8.99. The van der Waals surface area contributed by atoms with Crippen LogP contribution >= 0.6 is 34.7 Å². The highest BCUT2D eigenvalue weighted by Crippen LogP contribution is 2.52. The topological polar surface area (TPSA) is 73.1 Å². The second-order valence-corrected chi connectivity index (χ2v) is 11.3. The fourth-order valence-corrected chi connectivity index (χ4v) is 6.96. The Kier molecular flexibility index (Phi) is 7.49. The van der Waals surface area contributed by atoms with E-state index < -0.39 is 29.5 Å². The Bertz CT molecular complexity index is 1610. The molecule has 5 rings (SSSR count). The maximum atomic E-state index is 14.7. The number of ketones is 1. The van der Waals surface area contributed by atoms with Gasteiger partial charge in [-0.25, -0.2) is 0 Å². The predicted octanol–water partition coefficient (Wildman–Crippen LogP) is 7.66. The Morgan fingerprint density at radius 3 is 2.49 bits per heavy atom. The van der Waals surface area contributed by atoms with Crippen LogP contribution in [0.3, 0.4) is 0 Å². The van der Waals surface area contributed by atoms with Gasteiger partial charge in [0.05, 0.1) is 27.5 Å². The summed E-state index contributed by atoms with van der Waals surface area (Å²) in [5.41, 5.74) is -2.78. The fourth-order valence-electron chi connectivity index (χ4n) is 4.89. The molecule has 0 unspecified atom stereocenters. The number of thiophene rings is 1. The number of nitriles is 1. The van der Waals surface area contributed by atoms with Crippen LogP contribution in [-0.4, -0.2) is 22.8 Å². The van der Waals surface area contributed by atoms with Crippen LogP contribution in [0.25, 0.3) is 10.8 Å². The van der Waals surface area contributed by atoms with Crippen molar-refractivity contribution in [2.45, 2.75) is 23.6 Å². The van der Waals surface area contributed by atoms with E-state index in [4.69, 9.17) is 11.6 Å². The molecule has 0 saturated heterocycles. The molecule has 1 aromatic heterocycles. The zero-order valence-electron chi connectivity index (χ0n) is 20.1. The molecule has 0 amide bonds. The number of rotatable bonds is 6. The first-order valence-corrected chi connectivity index (χ1v) is 14.0. The molecule has 1 aliphatic rings. The summed E-state index contributed by atoms with van der Waals surface area (Å²) >= 11 is 8.37. The molecule has 2 heterocycles. The van der Waals surface area contributed by atoms with E-state index in [-0.39, 0.29) is 31.8 Å². The third kappa shape index (κ3) is 4.94. The van der Waals surface area contributed by atoms with E-state index in [9.17, 15) is 28.3 Å². The van der Waals surface area contributed by atoms with Gasteiger partial charge >= 0.3 is 6.18 Å². The molecule has 3 aromatic carbocycles. The van der Waals surface area contributed by atoms with Crippen LogP contribution in [0.1, 0.15) is 26.7 Å². The molecule has 4 aromatic rings. The predicted molar refractivity (Wildman–Crippen MR) is 148 cm³/mol. The maximum Gasteiger partial charge on any atom is 0.437 e. The SMILES string of the molecule is N#CC1=C(SCc2cccc3ccccc23)N[C@](O)(C(F)(F)F)[C@@H](C(=O)c2cccs2)[C@@H]1c1ccccc1Cl. The number of allylic oxidation sites excluding steroid dienone is 1. The van der Waals surface area contributed by atoms with Gasteiger partial charge in [0.15, 0.2) is 5.78 Å². The standard InChI is InChI=1S/C29H20ClF3N2O2S2/c30-22-12-4-3-11-20(22)24-21(15-34)27(39-16-18-9-5-8-17-7-1-2-10-19(17)18)35-28(37,29(31,32)33)25(24)26(36)23-13-6-14-38-23/h1-14,24-25,35,37H,16H2/t24-,25-,28-/m1/s1. The van der Waals surface area contributed by atoms with Crippen LogP contribution in [0.5, 0.6) is 0 Å². The summed E-state index contributed by atoms with van der Waals surface area (Å²) in [5, 5.41) is 27.2. The van der Waals surface area contributed by atoms with Gasteiger partial charge in [0, 0.05) is 16.7 Å². The summed E-state index contributed by atoms with van der Waals surface area (Å²) in [6, 6.07) is 24.3. The van der Waals surface area contributed by atoms with Crippen molar-refractivity contribution in [3.63, 3.8) is 0 Å². The zero-order valence-corrected chi connectivity index (χ0v) is 22.5. The minimum atomic E-state index is -5.27. The van der Waals surface area contributed by atoms with Gasteiger partial charge in [0.2, 0.25) is 5.72 Å². The van der Waals surface area contributed by atoms with E-state index in [0.717, 1.165) is 39.4 Å². The van der Waals surface area contributed by atoms with Gasteiger partial charge in [-0.05, 0) is 39.4 Å². The van der Waals surface area contributed by atoms with Gasteiger partial charge in [-0.15, -0.1) is 23.1 Å². The molecule has 0 bridgehead atoms. The lowest BCUT2D eigenvalue weighted by Crippen LogP contribution is -2.66. The number of aliphatic hydroxyl groups is 1. The highest BCUT2D eigenvalue weighted by molar-refractivity contribution is 8.02. The van der Waals surface area contributed by atoms with Crippen molar-refractivity contribution >= 4 is 51.3 Å². The van der Waals surface area contributed by atoms with Gasteiger partial charge in [-0.3, -0.25) is 4.79 Å². The highest BCUT2D eigenvalue weighted by atomic mass is 35.5. The van der Waals surface area contributed by atoms with Crippen molar-refractivity contribution < 1.29 is 23.1 Å². The number of hydrogen-bond acceptors (Lipinski definition) is 6. The molecule has 198 valence electrons. The molecule has 0 radical (unpaired) electrons. The number of hydrogen-bond donors (Lipinski definition) is 2. The molecular weight excluding hydrogens is 565 g/mol. The molecule has 2 N–H and O–H groups in total. The van der Waals surface area contributed by atoms with Gasteiger partial charge < -0.3 is 10.4 Å². The van der Waals surface area contributed by atoms with E-state index in [1.54, 1.807) is 17.5 Å². The lowest BCUT2D eigenvalue weighted by molar-refractivity contribution is -0.285. The smallest absolute Gasteiger partial charge is 0.363 e. The monoisotopic (exact) mass is 584 g/mol. The van der Waals surface area contributed by atoms with Crippen LogP contribution in [0.2, 0.25) is 5.02 Å². The van der Waals surface area contributed by atoms with Gasteiger partial charge in [-0.2, -0.15) is 18.4 Å². The number of Topliss-reactive ketones (excluding diaryl/α,β-unsaturated/α-hetero) is 1. The average molecular weight is 585 g/mol. The van der Waals surface area contributed by atoms with Gasteiger partial charge in [0.25, 0.3) is 0 Å². The summed E-state index contributed by atoms with van der Waals surface area (Å²) < 4.78 is 44.2. The normalized spacial score (nSPS) is 21.4. The minimum Gasteiger partial charge on any atom is -0.363 e. The number of carbonyl (C=O) groups excluding carboxylic acids is 1.